The zero-order valence-electron chi connectivity index (χ0n) is 10.3. The molecule has 19 heavy (non-hydrogen) atoms. The Hall–Kier alpha value is -1.69. The molecule has 1 aromatic heterocycles. The van der Waals surface area contributed by atoms with Crippen LogP contribution < -0.4 is 15.2 Å². The molecule has 0 unspecified atom stereocenters. The molecule has 0 amide bonds. The van der Waals surface area contributed by atoms with Crippen molar-refractivity contribution in [2.45, 2.75) is 13.0 Å². The predicted octanol–water partition coefficient (Wildman–Crippen LogP) is 2.44. The highest BCUT2D eigenvalue weighted by atomic mass is 79.9. The Labute approximate surface area is 119 Å². The third-order valence-electron chi connectivity index (χ3n) is 2.96. The van der Waals surface area contributed by atoms with Crippen LogP contribution in [0.1, 0.15) is 12.0 Å². The van der Waals surface area contributed by atoms with Gasteiger partial charge in [0.1, 0.15) is 0 Å². The Morgan fingerprint density at radius 2 is 2.16 bits per heavy atom. The van der Waals surface area contributed by atoms with Crippen molar-refractivity contribution in [2.24, 2.45) is 0 Å². The van der Waals surface area contributed by atoms with E-state index in [9.17, 15) is 0 Å². The molecule has 0 aliphatic carbocycles. The number of hydrogen-bond acceptors (Lipinski definition) is 4. The minimum absolute atomic E-state index is 0.503. The van der Waals surface area contributed by atoms with Gasteiger partial charge in [0.2, 0.25) is 0 Å². The molecule has 0 bridgehead atoms. The second-order valence-electron chi connectivity index (χ2n) is 4.37. The molecule has 3 rings (SSSR count). The van der Waals surface area contributed by atoms with E-state index in [0.29, 0.717) is 25.7 Å². The van der Waals surface area contributed by atoms with Gasteiger partial charge in [-0.2, -0.15) is 0 Å². The van der Waals surface area contributed by atoms with E-state index >= 15 is 0 Å². The Morgan fingerprint density at radius 3 is 2.95 bits per heavy atom. The topological polar surface area (TPSA) is 62.3 Å². The first kappa shape index (κ1) is 12.3. The molecule has 1 aromatic carbocycles. The molecular weight excluding hydrogens is 310 g/mol. The average molecular weight is 324 g/mol. The highest BCUT2D eigenvalue weighted by Crippen LogP contribution is 2.38. The van der Waals surface area contributed by atoms with E-state index in [2.05, 4.69) is 20.9 Å². The van der Waals surface area contributed by atoms with E-state index in [1.807, 2.05) is 22.9 Å². The molecule has 2 N–H and O–H groups in total. The number of anilines is 1. The Morgan fingerprint density at radius 1 is 1.32 bits per heavy atom. The number of benzene rings is 1. The minimum atomic E-state index is 0.503. The summed E-state index contributed by atoms with van der Waals surface area (Å²) in [5.74, 6) is 2.06. The number of nitrogen functional groups attached to an aromatic ring is 1. The Balaban J connectivity index is 1.93. The maximum absolute atomic E-state index is 5.77. The smallest absolute Gasteiger partial charge is 0.200 e. The van der Waals surface area contributed by atoms with E-state index in [-0.39, 0.29) is 0 Å². The van der Waals surface area contributed by atoms with Crippen LogP contribution in [0.5, 0.6) is 11.5 Å². The van der Waals surface area contributed by atoms with Crippen molar-refractivity contribution in [3.05, 3.63) is 34.6 Å². The van der Waals surface area contributed by atoms with Gasteiger partial charge < -0.3 is 19.8 Å². The van der Waals surface area contributed by atoms with Crippen LogP contribution in [0, 0.1) is 0 Å². The molecule has 0 saturated carbocycles. The second kappa shape index (κ2) is 5.13. The van der Waals surface area contributed by atoms with Crippen LogP contribution in [-0.4, -0.2) is 22.8 Å². The minimum Gasteiger partial charge on any atom is -0.490 e. The summed E-state index contributed by atoms with van der Waals surface area (Å²) in [5.41, 5.74) is 6.86. The van der Waals surface area contributed by atoms with Crippen molar-refractivity contribution in [3.8, 4) is 11.5 Å². The lowest BCUT2D eigenvalue weighted by Crippen LogP contribution is -2.04. The molecule has 2 aromatic rings. The Kier molecular flexibility index (Phi) is 3.33. The molecule has 0 atom stereocenters. The van der Waals surface area contributed by atoms with Crippen molar-refractivity contribution >= 4 is 21.9 Å². The number of nitrogens with zero attached hydrogens (tertiary/aromatic N) is 2. The fourth-order valence-corrected chi connectivity index (χ4v) is 2.65. The zero-order valence-corrected chi connectivity index (χ0v) is 11.9. The molecule has 1 aliphatic rings. The molecule has 0 saturated heterocycles. The molecular formula is C13H14BrN3O2. The summed E-state index contributed by atoms with van der Waals surface area (Å²) in [4.78, 5) is 4.01. The number of ether oxygens (including phenoxy) is 2. The lowest BCUT2D eigenvalue weighted by molar-refractivity contribution is 0.296. The highest BCUT2D eigenvalue weighted by molar-refractivity contribution is 9.10. The van der Waals surface area contributed by atoms with E-state index < -0.39 is 0 Å². The van der Waals surface area contributed by atoms with Gasteiger partial charge in [0, 0.05) is 18.8 Å². The standard InChI is InChI=1S/C13H14BrN3O2/c14-10-6-9(8-17-3-2-16-13(17)15)7-11-12(10)19-5-1-4-18-11/h2-3,6-7H,1,4-5,8H2,(H2,15,16). The van der Waals surface area contributed by atoms with Crippen molar-refractivity contribution in [1.82, 2.24) is 9.55 Å². The quantitative estimate of drug-likeness (QED) is 0.922. The van der Waals surface area contributed by atoms with Crippen LogP contribution in [-0.2, 0) is 6.54 Å². The van der Waals surface area contributed by atoms with E-state index in [1.165, 1.54) is 0 Å². The predicted molar refractivity (Wildman–Crippen MR) is 75.5 cm³/mol. The van der Waals surface area contributed by atoms with Gasteiger partial charge in [-0.3, -0.25) is 0 Å². The molecule has 100 valence electrons. The van der Waals surface area contributed by atoms with Crippen molar-refractivity contribution in [3.63, 3.8) is 0 Å². The first-order valence-electron chi connectivity index (χ1n) is 6.08. The summed E-state index contributed by atoms with van der Waals surface area (Å²) in [5, 5.41) is 0. The molecule has 6 heteroatoms. The average Bonchev–Trinajstić information content (AvgIpc) is 2.65. The molecule has 2 heterocycles. The SMILES string of the molecule is Nc1nccn1Cc1cc(Br)c2c(c1)OCCCO2. The van der Waals surface area contributed by atoms with Gasteiger partial charge in [-0.25, -0.2) is 4.98 Å². The summed E-state index contributed by atoms with van der Waals surface area (Å²) in [6, 6.07) is 4.01. The normalized spacial score (nSPS) is 14.2. The fourth-order valence-electron chi connectivity index (χ4n) is 2.05. The van der Waals surface area contributed by atoms with Crippen LogP contribution in [0.3, 0.4) is 0 Å². The monoisotopic (exact) mass is 323 g/mol. The second-order valence-corrected chi connectivity index (χ2v) is 5.22. The molecule has 5 nitrogen and oxygen atoms in total. The van der Waals surface area contributed by atoms with Crippen LogP contribution in [0.2, 0.25) is 0 Å². The number of imidazole rings is 1. The summed E-state index contributed by atoms with van der Waals surface area (Å²) in [6.45, 7) is 2.01. The lowest BCUT2D eigenvalue weighted by atomic mass is 10.2. The Bertz CT molecular complexity index is 598. The van der Waals surface area contributed by atoms with Crippen molar-refractivity contribution in [2.75, 3.05) is 18.9 Å². The van der Waals surface area contributed by atoms with Crippen LogP contribution >= 0.6 is 15.9 Å². The third-order valence-corrected chi connectivity index (χ3v) is 3.55. The summed E-state index contributed by atoms with van der Waals surface area (Å²) in [6.07, 6.45) is 4.44. The molecule has 0 spiro atoms. The number of fused-ring (bicyclic) bond motifs is 1. The fraction of sp³-hybridized carbons (Fsp3) is 0.308. The number of nitrogens with two attached hydrogens (primary N) is 1. The van der Waals surface area contributed by atoms with E-state index in [4.69, 9.17) is 15.2 Å². The summed E-state index contributed by atoms with van der Waals surface area (Å²) in [7, 11) is 0. The van der Waals surface area contributed by atoms with Crippen LogP contribution in [0.15, 0.2) is 29.0 Å². The largest absolute Gasteiger partial charge is 0.490 e. The van der Waals surface area contributed by atoms with Crippen molar-refractivity contribution < 1.29 is 9.47 Å². The summed E-state index contributed by atoms with van der Waals surface area (Å²) < 4.78 is 14.2. The lowest BCUT2D eigenvalue weighted by Gasteiger charge is -2.12. The number of aromatic nitrogens is 2. The van der Waals surface area contributed by atoms with E-state index in [1.54, 1.807) is 6.20 Å². The van der Waals surface area contributed by atoms with Crippen LogP contribution in [0.4, 0.5) is 5.95 Å². The van der Waals surface area contributed by atoms with Gasteiger partial charge in [-0.15, -0.1) is 0 Å². The first-order chi connectivity index (χ1) is 9.24. The number of rotatable bonds is 2. The van der Waals surface area contributed by atoms with Gasteiger partial charge in [0.15, 0.2) is 17.4 Å². The first-order valence-corrected chi connectivity index (χ1v) is 6.88. The highest BCUT2D eigenvalue weighted by Gasteiger charge is 2.15. The maximum Gasteiger partial charge on any atom is 0.200 e. The van der Waals surface area contributed by atoms with Crippen molar-refractivity contribution in [1.29, 1.82) is 0 Å². The molecule has 1 aliphatic heterocycles. The number of halogens is 1. The molecule has 0 fully saturated rings. The number of hydrogen-bond donors (Lipinski definition) is 1. The maximum atomic E-state index is 5.77. The van der Waals surface area contributed by atoms with Gasteiger partial charge in [0.25, 0.3) is 0 Å². The zero-order chi connectivity index (χ0) is 13.2. The third kappa shape index (κ3) is 2.53. The van der Waals surface area contributed by atoms with Gasteiger partial charge >= 0.3 is 0 Å². The van der Waals surface area contributed by atoms with Gasteiger partial charge in [-0.1, -0.05) is 0 Å². The molecule has 0 radical (unpaired) electrons. The van der Waals surface area contributed by atoms with Crippen LogP contribution in [0.25, 0.3) is 0 Å². The van der Waals surface area contributed by atoms with Gasteiger partial charge in [-0.05, 0) is 33.6 Å². The van der Waals surface area contributed by atoms with E-state index in [0.717, 1.165) is 28.0 Å². The van der Waals surface area contributed by atoms with Gasteiger partial charge in [0.05, 0.1) is 24.2 Å². The summed E-state index contributed by atoms with van der Waals surface area (Å²) >= 11 is 3.53.